The second-order valence-electron chi connectivity index (χ2n) is 4.17. The van der Waals surface area contributed by atoms with Gasteiger partial charge in [0, 0.05) is 12.6 Å². The first-order valence-corrected chi connectivity index (χ1v) is 5.47. The molecule has 0 amide bonds. The Labute approximate surface area is 79.5 Å². The van der Waals surface area contributed by atoms with Crippen LogP contribution < -0.4 is 5.32 Å². The molecule has 2 rings (SSSR count). The standard InChI is InChI=1S/C10H19FN2/c11-9-8-12-5-4-10(9)13-6-2-1-3-7-13/h9-10,12H,1-8H2. The van der Waals surface area contributed by atoms with Crippen LogP contribution in [-0.2, 0) is 0 Å². The first kappa shape index (κ1) is 9.41. The molecule has 2 nitrogen and oxygen atoms in total. The number of nitrogens with zero attached hydrogens (tertiary/aromatic N) is 1. The van der Waals surface area contributed by atoms with E-state index in [1.165, 1.54) is 19.3 Å². The minimum atomic E-state index is -0.646. The fraction of sp³-hybridized carbons (Fsp3) is 1.00. The highest BCUT2D eigenvalue weighted by Crippen LogP contribution is 2.19. The lowest BCUT2D eigenvalue weighted by molar-refractivity contribution is 0.0694. The van der Waals surface area contributed by atoms with E-state index in [1.807, 2.05) is 0 Å². The predicted octanol–water partition coefficient (Wildman–Crippen LogP) is 1.17. The summed E-state index contributed by atoms with van der Waals surface area (Å²) in [6.45, 7) is 3.78. The summed E-state index contributed by atoms with van der Waals surface area (Å²) in [6, 6.07) is 0.210. The third kappa shape index (κ3) is 2.20. The zero-order valence-corrected chi connectivity index (χ0v) is 8.14. The first-order valence-electron chi connectivity index (χ1n) is 5.47. The van der Waals surface area contributed by atoms with E-state index in [4.69, 9.17) is 0 Å². The second kappa shape index (κ2) is 4.38. The summed E-state index contributed by atoms with van der Waals surface area (Å²) in [5, 5.41) is 3.10. The number of alkyl halides is 1. The molecule has 0 aliphatic carbocycles. The highest BCUT2D eigenvalue weighted by molar-refractivity contribution is 4.86. The Morgan fingerprint density at radius 1 is 1.15 bits per heavy atom. The third-order valence-corrected chi connectivity index (χ3v) is 3.23. The molecule has 3 heteroatoms. The van der Waals surface area contributed by atoms with Gasteiger partial charge in [0.05, 0.1) is 0 Å². The molecule has 76 valence electrons. The van der Waals surface area contributed by atoms with Crippen LogP contribution in [0.15, 0.2) is 0 Å². The van der Waals surface area contributed by atoms with Crippen molar-refractivity contribution in [1.82, 2.24) is 10.2 Å². The van der Waals surface area contributed by atoms with Gasteiger partial charge in [0.15, 0.2) is 0 Å². The molecule has 0 aromatic carbocycles. The molecular weight excluding hydrogens is 167 g/mol. The van der Waals surface area contributed by atoms with E-state index in [2.05, 4.69) is 10.2 Å². The minimum Gasteiger partial charge on any atom is -0.314 e. The summed E-state index contributed by atoms with van der Waals surface area (Å²) in [4.78, 5) is 2.36. The number of piperidine rings is 2. The van der Waals surface area contributed by atoms with E-state index in [9.17, 15) is 4.39 Å². The quantitative estimate of drug-likeness (QED) is 0.661. The van der Waals surface area contributed by atoms with E-state index in [-0.39, 0.29) is 6.04 Å². The maximum Gasteiger partial charge on any atom is 0.128 e. The van der Waals surface area contributed by atoms with Gasteiger partial charge in [0.25, 0.3) is 0 Å². The van der Waals surface area contributed by atoms with Crippen LogP contribution in [0.25, 0.3) is 0 Å². The minimum absolute atomic E-state index is 0.210. The molecule has 1 N–H and O–H groups in total. The fourth-order valence-electron chi connectivity index (χ4n) is 2.47. The predicted molar refractivity (Wildman–Crippen MR) is 51.6 cm³/mol. The summed E-state index contributed by atoms with van der Waals surface area (Å²) < 4.78 is 13.5. The summed E-state index contributed by atoms with van der Waals surface area (Å²) in [5.41, 5.74) is 0. The van der Waals surface area contributed by atoms with Crippen LogP contribution in [0.4, 0.5) is 4.39 Å². The van der Waals surface area contributed by atoms with Gasteiger partial charge in [-0.25, -0.2) is 4.39 Å². The molecule has 0 radical (unpaired) electrons. The molecule has 2 aliphatic rings. The zero-order valence-electron chi connectivity index (χ0n) is 8.14. The Bertz CT molecular complexity index is 157. The van der Waals surface area contributed by atoms with Crippen LogP contribution in [-0.4, -0.2) is 43.3 Å². The Hall–Kier alpha value is -0.150. The van der Waals surface area contributed by atoms with Crippen molar-refractivity contribution in [2.45, 2.75) is 37.9 Å². The Morgan fingerprint density at radius 2 is 1.92 bits per heavy atom. The molecule has 2 saturated heterocycles. The molecule has 2 atom stereocenters. The molecule has 0 aromatic rings. The molecule has 2 heterocycles. The van der Waals surface area contributed by atoms with Crippen molar-refractivity contribution in [2.75, 3.05) is 26.2 Å². The number of hydrogen-bond donors (Lipinski definition) is 1. The van der Waals surface area contributed by atoms with E-state index < -0.39 is 6.17 Å². The van der Waals surface area contributed by atoms with Crippen LogP contribution >= 0.6 is 0 Å². The van der Waals surface area contributed by atoms with Gasteiger partial charge in [-0.15, -0.1) is 0 Å². The largest absolute Gasteiger partial charge is 0.314 e. The lowest BCUT2D eigenvalue weighted by atomic mass is 10.00. The number of likely N-dealkylation sites (tertiary alicyclic amines) is 1. The van der Waals surface area contributed by atoms with Crippen LogP contribution in [0, 0.1) is 0 Å². The van der Waals surface area contributed by atoms with Crippen molar-refractivity contribution >= 4 is 0 Å². The molecular formula is C10H19FN2. The SMILES string of the molecule is FC1CNCCC1N1CCCCC1. The van der Waals surface area contributed by atoms with Gasteiger partial charge >= 0.3 is 0 Å². The van der Waals surface area contributed by atoms with Crippen LogP contribution in [0.3, 0.4) is 0 Å². The normalized spacial score (nSPS) is 37.6. The van der Waals surface area contributed by atoms with E-state index in [0.29, 0.717) is 6.54 Å². The summed E-state index contributed by atoms with van der Waals surface area (Å²) in [5.74, 6) is 0. The summed E-state index contributed by atoms with van der Waals surface area (Å²) in [6.07, 6.45) is 4.19. The average molecular weight is 186 g/mol. The molecule has 0 bridgehead atoms. The van der Waals surface area contributed by atoms with Crippen molar-refractivity contribution in [3.8, 4) is 0 Å². The molecule has 0 spiro atoms. The van der Waals surface area contributed by atoms with Gasteiger partial charge in [-0.2, -0.15) is 0 Å². The molecule has 2 fully saturated rings. The average Bonchev–Trinajstić information content (AvgIpc) is 2.20. The summed E-state index contributed by atoms with van der Waals surface area (Å²) in [7, 11) is 0. The lowest BCUT2D eigenvalue weighted by Gasteiger charge is -2.38. The Balaban J connectivity index is 1.88. The van der Waals surface area contributed by atoms with Gasteiger partial charge < -0.3 is 5.32 Å². The Kier molecular flexibility index (Phi) is 3.17. The molecule has 2 aliphatic heterocycles. The maximum atomic E-state index is 13.5. The molecule has 0 saturated carbocycles. The van der Waals surface area contributed by atoms with Crippen molar-refractivity contribution in [1.29, 1.82) is 0 Å². The molecule has 13 heavy (non-hydrogen) atoms. The van der Waals surface area contributed by atoms with Crippen LogP contribution in [0.5, 0.6) is 0 Å². The monoisotopic (exact) mass is 186 g/mol. The number of rotatable bonds is 1. The van der Waals surface area contributed by atoms with Gasteiger partial charge in [0.1, 0.15) is 6.17 Å². The van der Waals surface area contributed by atoms with Crippen molar-refractivity contribution in [3.63, 3.8) is 0 Å². The third-order valence-electron chi connectivity index (χ3n) is 3.23. The number of hydrogen-bond acceptors (Lipinski definition) is 2. The zero-order chi connectivity index (χ0) is 9.10. The van der Waals surface area contributed by atoms with Crippen molar-refractivity contribution < 1.29 is 4.39 Å². The van der Waals surface area contributed by atoms with Gasteiger partial charge in [-0.3, -0.25) is 4.90 Å². The lowest BCUT2D eigenvalue weighted by Crippen LogP contribution is -2.52. The van der Waals surface area contributed by atoms with E-state index in [1.54, 1.807) is 0 Å². The van der Waals surface area contributed by atoms with Gasteiger partial charge in [-0.1, -0.05) is 6.42 Å². The topological polar surface area (TPSA) is 15.3 Å². The number of halogens is 1. The highest BCUT2D eigenvalue weighted by atomic mass is 19.1. The van der Waals surface area contributed by atoms with Crippen LogP contribution in [0.1, 0.15) is 25.7 Å². The van der Waals surface area contributed by atoms with Crippen molar-refractivity contribution in [2.24, 2.45) is 0 Å². The highest BCUT2D eigenvalue weighted by Gasteiger charge is 2.30. The number of nitrogens with one attached hydrogen (secondary N) is 1. The van der Waals surface area contributed by atoms with Gasteiger partial charge in [-0.05, 0) is 38.9 Å². The van der Waals surface area contributed by atoms with Crippen molar-refractivity contribution in [3.05, 3.63) is 0 Å². The van der Waals surface area contributed by atoms with Gasteiger partial charge in [0.2, 0.25) is 0 Å². The molecule has 0 aromatic heterocycles. The van der Waals surface area contributed by atoms with E-state index >= 15 is 0 Å². The fourth-order valence-corrected chi connectivity index (χ4v) is 2.47. The first-order chi connectivity index (χ1) is 6.38. The Morgan fingerprint density at radius 3 is 2.62 bits per heavy atom. The maximum absolute atomic E-state index is 13.5. The van der Waals surface area contributed by atoms with Crippen LogP contribution in [0.2, 0.25) is 0 Å². The molecule has 2 unspecified atom stereocenters. The second-order valence-corrected chi connectivity index (χ2v) is 4.17. The smallest absolute Gasteiger partial charge is 0.128 e. The summed E-state index contributed by atoms with van der Waals surface area (Å²) >= 11 is 0. The van der Waals surface area contributed by atoms with E-state index in [0.717, 1.165) is 26.1 Å².